The molecule has 0 radical (unpaired) electrons. The van der Waals surface area contributed by atoms with Crippen LogP contribution in [0.2, 0.25) is 0 Å². The highest BCUT2D eigenvalue weighted by atomic mass is 16.5. The molecule has 0 aromatic heterocycles. The first-order chi connectivity index (χ1) is 10.1. The molecule has 2 fully saturated rings. The van der Waals surface area contributed by atoms with Crippen LogP contribution in [0.3, 0.4) is 0 Å². The van der Waals surface area contributed by atoms with Crippen LogP contribution in [-0.4, -0.2) is 71.7 Å². The summed E-state index contributed by atoms with van der Waals surface area (Å²) in [7, 11) is 0. The van der Waals surface area contributed by atoms with Crippen LogP contribution < -0.4 is 0 Å². The van der Waals surface area contributed by atoms with Crippen molar-refractivity contribution in [3.8, 4) is 0 Å². The second-order valence-electron chi connectivity index (χ2n) is 5.94. The van der Waals surface area contributed by atoms with Crippen molar-refractivity contribution in [1.82, 2.24) is 9.80 Å². The first-order valence-electron chi connectivity index (χ1n) is 7.95. The predicted octanol–water partition coefficient (Wildman–Crippen LogP) is 0.953. The van der Waals surface area contributed by atoms with Gasteiger partial charge in [0.2, 0.25) is 5.91 Å². The molecular formula is C15H26N2O4. The lowest BCUT2D eigenvalue weighted by Crippen LogP contribution is -2.53. The third-order valence-electron chi connectivity index (χ3n) is 4.52. The highest BCUT2D eigenvalue weighted by Gasteiger charge is 2.31. The van der Waals surface area contributed by atoms with E-state index in [1.54, 1.807) is 0 Å². The molecule has 2 unspecified atom stereocenters. The molecule has 2 aliphatic heterocycles. The Morgan fingerprint density at radius 2 is 2.05 bits per heavy atom. The molecule has 0 aromatic rings. The molecule has 0 saturated carbocycles. The fourth-order valence-electron chi connectivity index (χ4n) is 3.30. The number of carboxylic acids is 1. The summed E-state index contributed by atoms with van der Waals surface area (Å²) < 4.78 is 5.35. The number of amides is 1. The van der Waals surface area contributed by atoms with Crippen LogP contribution in [0.25, 0.3) is 0 Å². The van der Waals surface area contributed by atoms with Crippen molar-refractivity contribution in [2.75, 3.05) is 32.8 Å². The molecule has 0 aliphatic carbocycles. The number of hydrogen-bond donors (Lipinski definition) is 1. The number of carbonyl (C=O) groups is 2. The second kappa shape index (κ2) is 7.75. The summed E-state index contributed by atoms with van der Waals surface area (Å²) >= 11 is 0. The average Bonchev–Trinajstić information content (AvgIpc) is 2.48. The Bertz CT molecular complexity index is 375. The molecule has 120 valence electrons. The van der Waals surface area contributed by atoms with Crippen LogP contribution in [0.15, 0.2) is 0 Å². The summed E-state index contributed by atoms with van der Waals surface area (Å²) in [6, 6.07) is 0.162. The van der Waals surface area contributed by atoms with E-state index in [4.69, 9.17) is 9.84 Å². The Morgan fingerprint density at radius 3 is 2.76 bits per heavy atom. The number of nitrogens with zero attached hydrogens (tertiary/aromatic N) is 2. The smallest absolute Gasteiger partial charge is 0.305 e. The Labute approximate surface area is 126 Å². The van der Waals surface area contributed by atoms with Crippen LogP contribution in [0.1, 0.15) is 39.0 Å². The molecule has 1 amide bonds. The van der Waals surface area contributed by atoms with Gasteiger partial charge in [0.15, 0.2) is 0 Å². The van der Waals surface area contributed by atoms with Crippen molar-refractivity contribution >= 4 is 11.9 Å². The first kappa shape index (κ1) is 16.2. The number of likely N-dealkylation sites (tertiary alicyclic amines) is 1. The van der Waals surface area contributed by atoms with Crippen LogP contribution in [-0.2, 0) is 14.3 Å². The molecular weight excluding hydrogens is 272 g/mol. The summed E-state index contributed by atoms with van der Waals surface area (Å²) in [6.45, 7) is 4.88. The zero-order valence-corrected chi connectivity index (χ0v) is 12.8. The van der Waals surface area contributed by atoms with Crippen molar-refractivity contribution in [2.45, 2.75) is 51.1 Å². The minimum Gasteiger partial charge on any atom is -0.481 e. The summed E-state index contributed by atoms with van der Waals surface area (Å²) in [6.07, 6.45) is 4.38. The molecule has 6 heteroatoms. The number of hydrogen-bond acceptors (Lipinski definition) is 4. The third-order valence-corrected chi connectivity index (χ3v) is 4.52. The van der Waals surface area contributed by atoms with Gasteiger partial charge in [0.05, 0.1) is 26.2 Å². The van der Waals surface area contributed by atoms with Crippen molar-refractivity contribution in [2.24, 2.45) is 0 Å². The molecule has 0 bridgehead atoms. The van der Waals surface area contributed by atoms with E-state index < -0.39 is 5.97 Å². The van der Waals surface area contributed by atoms with Gasteiger partial charge in [-0.25, -0.2) is 0 Å². The predicted molar refractivity (Wildman–Crippen MR) is 78.1 cm³/mol. The van der Waals surface area contributed by atoms with Crippen LogP contribution >= 0.6 is 0 Å². The van der Waals surface area contributed by atoms with E-state index in [1.165, 1.54) is 6.42 Å². The highest BCUT2D eigenvalue weighted by Crippen LogP contribution is 2.20. The quantitative estimate of drug-likeness (QED) is 0.818. The average molecular weight is 298 g/mol. The van der Waals surface area contributed by atoms with Gasteiger partial charge in [-0.1, -0.05) is 6.92 Å². The summed E-state index contributed by atoms with van der Waals surface area (Å²) in [5, 5.41) is 8.97. The number of carbonyl (C=O) groups excluding carboxylic acids is 1. The van der Waals surface area contributed by atoms with Gasteiger partial charge in [-0.3, -0.25) is 14.5 Å². The minimum atomic E-state index is -0.840. The van der Waals surface area contributed by atoms with Gasteiger partial charge < -0.3 is 14.7 Å². The SMILES string of the molecule is CCC1CCCCN1C(=O)CN1CCOCC1CC(=O)O. The highest BCUT2D eigenvalue weighted by molar-refractivity contribution is 5.79. The Balaban J connectivity index is 1.94. The van der Waals surface area contributed by atoms with Crippen LogP contribution in [0.5, 0.6) is 0 Å². The number of carboxylic acid groups (broad SMARTS) is 1. The third kappa shape index (κ3) is 4.41. The minimum absolute atomic E-state index is 0.0322. The molecule has 1 N–H and O–H groups in total. The van der Waals surface area contributed by atoms with Gasteiger partial charge in [0, 0.05) is 25.2 Å². The summed E-state index contributed by atoms with van der Waals surface area (Å²) in [5.74, 6) is -0.703. The monoisotopic (exact) mass is 298 g/mol. The fraction of sp³-hybridized carbons (Fsp3) is 0.867. The largest absolute Gasteiger partial charge is 0.481 e. The number of aliphatic carboxylic acids is 1. The van der Waals surface area contributed by atoms with Crippen molar-refractivity contribution < 1.29 is 19.4 Å². The van der Waals surface area contributed by atoms with E-state index in [9.17, 15) is 9.59 Å². The molecule has 0 spiro atoms. The maximum Gasteiger partial charge on any atom is 0.305 e. The van der Waals surface area contributed by atoms with Crippen molar-refractivity contribution in [1.29, 1.82) is 0 Å². The Hall–Kier alpha value is -1.14. The zero-order valence-electron chi connectivity index (χ0n) is 12.8. The van der Waals surface area contributed by atoms with Crippen LogP contribution in [0, 0.1) is 0 Å². The first-order valence-corrected chi connectivity index (χ1v) is 7.95. The fourth-order valence-corrected chi connectivity index (χ4v) is 3.30. The van der Waals surface area contributed by atoms with E-state index in [0.29, 0.717) is 32.3 Å². The number of rotatable bonds is 5. The lowest BCUT2D eigenvalue weighted by molar-refractivity contribution is -0.144. The molecule has 21 heavy (non-hydrogen) atoms. The van der Waals surface area contributed by atoms with Gasteiger partial charge in [-0.15, -0.1) is 0 Å². The van der Waals surface area contributed by atoms with Gasteiger partial charge in [0.25, 0.3) is 0 Å². The second-order valence-corrected chi connectivity index (χ2v) is 5.94. The van der Waals surface area contributed by atoms with Crippen molar-refractivity contribution in [3.63, 3.8) is 0 Å². The lowest BCUT2D eigenvalue weighted by atomic mass is 10.00. The van der Waals surface area contributed by atoms with E-state index in [-0.39, 0.29) is 18.4 Å². The maximum atomic E-state index is 12.6. The molecule has 2 aliphatic rings. The normalized spacial score (nSPS) is 27.6. The van der Waals surface area contributed by atoms with Gasteiger partial charge in [0.1, 0.15) is 0 Å². The van der Waals surface area contributed by atoms with Gasteiger partial charge >= 0.3 is 5.97 Å². The molecule has 0 aromatic carbocycles. The van der Waals surface area contributed by atoms with Gasteiger partial charge in [-0.2, -0.15) is 0 Å². The van der Waals surface area contributed by atoms with Crippen molar-refractivity contribution in [3.05, 3.63) is 0 Å². The molecule has 2 rings (SSSR count). The van der Waals surface area contributed by atoms with Crippen LogP contribution in [0.4, 0.5) is 0 Å². The molecule has 2 heterocycles. The number of piperidine rings is 1. The Morgan fingerprint density at radius 1 is 1.24 bits per heavy atom. The van der Waals surface area contributed by atoms with E-state index in [2.05, 4.69) is 6.92 Å². The van der Waals surface area contributed by atoms with Gasteiger partial charge in [-0.05, 0) is 25.7 Å². The topological polar surface area (TPSA) is 70.1 Å². The lowest BCUT2D eigenvalue weighted by Gasteiger charge is -2.39. The molecule has 6 nitrogen and oxygen atoms in total. The molecule has 2 atom stereocenters. The number of morpholine rings is 1. The standard InChI is InChI=1S/C15H26N2O4/c1-2-12-5-3-4-6-17(12)14(18)10-16-7-8-21-11-13(16)9-15(19)20/h12-13H,2-11H2,1H3,(H,19,20). The summed E-state index contributed by atoms with van der Waals surface area (Å²) in [4.78, 5) is 27.5. The molecule has 2 saturated heterocycles. The number of ether oxygens (including phenoxy) is 1. The van der Waals surface area contributed by atoms with E-state index in [1.807, 2.05) is 9.80 Å². The Kier molecular flexibility index (Phi) is 5.99. The van der Waals surface area contributed by atoms with E-state index >= 15 is 0 Å². The maximum absolute atomic E-state index is 12.6. The zero-order chi connectivity index (χ0) is 15.2. The van der Waals surface area contributed by atoms with E-state index in [0.717, 1.165) is 25.8 Å². The summed E-state index contributed by atoms with van der Waals surface area (Å²) in [5.41, 5.74) is 0.